The summed E-state index contributed by atoms with van der Waals surface area (Å²) in [5.74, 6) is 0.799. The molecule has 2 aromatic rings. The smallest absolute Gasteiger partial charge is 0.145 e. The highest BCUT2D eigenvalue weighted by Gasteiger charge is 2.06. The molecule has 0 bridgehead atoms. The highest BCUT2D eigenvalue weighted by molar-refractivity contribution is 9.15. The van der Waals surface area contributed by atoms with Crippen molar-refractivity contribution in [3.63, 3.8) is 0 Å². The molecule has 0 saturated carbocycles. The van der Waals surface area contributed by atoms with Gasteiger partial charge in [-0.1, -0.05) is 53.5 Å². The second-order valence-corrected chi connectivity index (χ2v) is 6.00. The van der Waals surface area contributed by atoms with Gasteiger partial charge in [0.1, 0.15) is 5.75 Å². The van der Waals surface area contributed by atoms with Crippen LogP contribution in [-0.2, 0) is 6.42 Å². The number of benzene rings is 1. The number of nitrogens with zero attached hydrogens (tertiary/aromatic N) is 1. The molecule has 3 heteroatoms. The van der Waals surface area contributed by atoms with Crippen molar-refractivity contribution in [3.8, 4) is 5.75 Å². The Balaban J connectivity index is 2.18. The average molecular weight is 360 g/mol. The highest BCUT2D eigenvalue weighted by Crippen LogP contribution is 2.31. The first kappa shape index (κ1) is 16.8. The number of hydrogen-bond acceptors (Lipinski definition) is 2. The van der Waals surface area contributed by atoms with Gasteiger partial charge >= 0.3 is 0 Å². The minimum absolute atomic E-state index is 0.630. The fourth-order valence-corrected chi connectivity index (χ4v) is 2.83. The predicted molar refractivity (Wildman–Crippen MR) is 97.3 cm³/mol. The summed E-state index contributed by atoms with van der Waals surface area (Å²) < 4.78 is 6.63. The Bertz CT molecular complexity index is 620. The van der Waals surface area contributed by atoms with Crippen LogP contribution in [0.5, 0.6) is 5.75 Å². The molecule has 0 aliphatic rings. The van der Waals surface area contributed by atoms with Gasteiger partial charge < -0.3 is 4.74 Å². The molecule has 22 heavy (non-hydrogen) atoms. The number of halogens is 1. The molecule has 2 nitrogen and oxygen atoms in total. The number of pyridine rings is 1. The largest absolute Gasteiger partial charge is 0.492 e. The number of hydrogen-bond donors (Lipinski definition) is 0. The molecule has 0 atom stereocenters. The van der Waals surface area contributed by atoms with Crippen LogP contribution in [0.3, 0.4) is 0 Å². The van der Waals surface area contributed by atoms with Gasteiger partial charge in [-0.25, -0.2) is 0 Å². The Morgan fingerprint density at radius 2 is 1.95 bits per heavy atom. The maximum atomic E-state index is 5.63. The molecule has 0 unspecified atom stereocenters. The molecule has 0 spiro atoms. The van der Waals surface area contributed by atoms with Crippen molar-refractivity contribution < 1.29 is 4.74 Å². The first-order chi connectivity index (χ1) is 10.7. The molecular formula is C19H22BrNO. The lowest BCUT2D eigenvalue weighted by atomic mass is 10.1. The van der Waals surface area contributed by atoms with Crippen LogP contribution in [0.25, 0.3) is 10.6 Å². The zero-order chi connectivity index (χ0) is 15.8. The van der Waals surface area contributed by atoms with Gasteiger partial charge in [-0.3, -0.25) is 4.98 Å². The minimum Gasteiger partial charge on any atom is -0.492 e. The van der Waals surface area contributed by atoms with Gasteiger partial charge in [0.05, 0.1) is 12.8 Å². The Morgan fingerprint density at radius 3 is 2.64 bits per heavy atom. The SMILES string of the molecule is CCCCc1ccc(/C=C(/Br)c2ccncc2OCC)cc1. The summed E-state index contributed by atoms with van der Waals surface area (Å²) in [6, 6.07) is 10.7. The molecule has 0 fully saturated rings. The lowest BCUT2D eigenvalue weighted by Gasteiger charge is -2.09. The molecular weight excluding hydrogens is 338 g/mol. The minimum atomic E-state index is 0.630. The van der Waals surface area contributed by atoms with Crippen LogP contribution in [0, 0.1) is 0 Å². The number of aryl methyl sites for hydroxylation is 1. The van der Waals surface area contributed by atoms with Crippen LogP contribution in [0.4, 0.5) is 0 Å². The molecule has 1 aromatic heterocycles. The summed E-state index contributed by atoms with van der Waals surface area (Å²) in [6.07, 6.45) is 9.27. The van der Waals surface area contributed by atoms with Crippen molar-refractivity contribution in [2.24, 2.45) is 0 Å². The van der Waals surface area contributed by atoms with Crippen LogP contribution in [0.1, 0.15) is 43.4 Å². The van der Waals surface area contributed by atoms with Gasteiger partial charge in [-0.2, -0.15) is 0 Å². The van der Waals surface area contributed by atoms with E-state index in [1.807, 2.05) is 13.0 Å². The lowest BCUT2D eigenvalue weighted by molar-refractivity contribution is 0.338. The molecule has 0 amide bonds. The Morgan fingerprint density at radius 1 is 1.18 bits per heavy atom. The monoisotopic (exact) mass is 359 g/mol. The van der Waals surface area contributed by atoms with Gasteiger partial charge in [0.2, 0.25) is 0 Å². The van der Waals surface area contributed by atoms with E-state index in [9.17, 15) is 0 Å². The zero-order valence-corrected chi connectivity index (χ0v) is 14.8. The lowest BCUT2D eigenvalue weighted by Crippen LogP contribution is -1.95. The van der Waals surface area contributed by atoms with Crippen molar-refractivity contribution in [2.75, 3.05) is 6.61 Å². The predicted octanol–water partition coefficient (Wildman–Crippen LogP) is 5.72. The second kappa shape index (κ2) is 8.74. The molecule has 1 heterocycles. The van der Waals surface area contributed by atoms with Gasteiger partial charge in [0.25, 0.3) is 0 Å². The summed E-state index contributed by atoms with van der Waals surface area (Å²) >= 11 is 3.66. The summed E-state index contributed by atoms with van der Waals surface area (Å²) in [5.41, 5.74) is 3.59. The third-order valence-corrected chi connectivity index (χ3v) is 4.09. The average Bonchev–Trinajstić information content (AvgIpc) is 2.55. The number of ether oxygens (including phenoxy) is 1. The molecule has 0 aliphatic carbocycles. The van der Waals surface area contributed by atoms with E-state index < -0.39 is 0 Å². The first-order valence-corrected chi connectivity index (χ1v) is 8.57. The van der Waals surface area contributed by atoms with Crippen molar-refractivity contribution in [3.05, 3.63) is 59.4 Å². The van der Waals surface area contributed by atoms with E-state index >= 15 is 0 Å². The van der Waals surface area contributed by atoms with Crippen molar-refractivity contribution in [2.45, 2.75) is 33.1 Å². The zero-order valence-electron chi connectivity index (χ0n) is 13.2. The van der Waals surface area contributed by atoms with Gasteiger partial charge in [-0.15, -0.1) is 0 Å². The molecule has 0 N–H and O–H groups in total. The van der Waals surface area contributed by atoms with Crippen LogP contribution in [0.2, 0.25) is 0 Å². The third kappa shape index (κ3) is 4.70. The van der Waals surface area contributed by atoms with E-state index in [0.717, 1.165) is 22.2 Å². The molecule has 116 valence electrons. The third-order valence-electron chi connectivity index (χ3n) is 3.43. The molecule has 1 aromatic carbocycles. The van der Waals surface area contributed by atoms with E-state index in [0.29, 0.717) is 6.61 Å². The van der Waals surface area contributed by atoms with E-state index in [4.69, 9.17) is 4.74 Å². The van der Waals surface area contributed by atoms with Crippen molar-refractivity contribution in [1.29, 1.82) is 0 Å². The van der Waals surface area contributed by atoms with Crippen molar-refractivity contribution in [1.82, 2.24) is 4.98 Å². The Hall–Kier alpha value is -1.61. The molecule has 2 rings (SSSR count). The first-order valence-electron chi connectivity index (χ1n) is 7.78. The Kier molecular flexibility index (Phi) is 6.66. The number of unbranched alkanes of at least 4 members (excludes halogenated alkanes) is 1. The topological polar surface area (TPSA) is 22.1 Å². The van der Waals surface area contributed by atoms with Crippen LogP contribution in [0.15, 0.2) is 42.7 Å². The molecule has 0 radical (unpaired) electrons. The highest BCUT2D eigenvalue weighted by atomic mass is 79.9. The Labute approximate surface area is 141 Å². The maximum absolute atomic E-state index is 5.63. The van der Waals surface area contributed by atoms with E-state index in [2.05, 4.69) is 58.2 Å². The van der Waals surface area contributed by atoms with E-state index in [1.165, 1.54) is 24.0 Å². The van der Waals surface area contributed by atoms with Crippen molar-refractivity contribution >= 4 is 26.5 Å². The quantitative estimate of drug-likeness (QED) is 0.630. The molecule has 0 aliphatic heterocycles. The maximum Gasteiger partial charge on any atom is 0.145 e. The standard InChI is InChI=1S/C19H22BrNO/c1-3-5-6-15-7-9-16(10-8-15)13-18(20)17-11-12-21-14-19(17)22-4-2/h7-14H,3-6H2,1-2H3/b18-13+. The molecule has 0 saturated heterocycles. The fraction of sp³-hybridized carbons (Fsp3) is 0.316. The summed E-state index contributed by atoms with van der Waals surface area (Å²) in [4.78, 5) is 4.12. The second-order valence-electron chi connectivity index (χ2n) is 5.14. The van der Waals surface area contributed by atoms with E-state index in [-0.39, 0.29) is 0 Å². The number of rotatable bonds is 7. The van der Waals surface area contributed by atoms with Gasteiger partial charge in [0.15, 0.2) is 0 Å². The van der Waals surface area contributed by atoms with Crippen LogP contribution >= 0.6 is 15.9 Å². The number of aromatic nitrogens is 1. The van der Waals surface area contributed by atoms with E-state index in [1.54, 1.807) is 12.4 Å². The summed E-state index contributed by atoms with van der Waals surface area (Å²) in [6.45, 7) is 4.83. The van der Waals surface area contributed by atoms with Crippen LogP contribution in [-0.4, -0.2) is 11.6 Å². The normalized spacial score (nSPS) is 11.5. The summed E-state index contributed by atoms with van der Waals surface area (Å²) in [7, 11) is 0. The fourth-order valence-electron chi connectivity index (χ4n) is 2.23. The van der Waals surface area contributed by atoms with Crippen LogP contribution < -0.4 is 4.74 Å². The summed E-state index contributed by atoms with van der Waals surface area (Å²) in [5, 5.41) is 0. The van der Waals surface area contributed by atoms with Gasteiger partial charge in [-0.05, 0) is 43.0 Å². The van der Waals surface area contributed by atoms with Gasteiger partial charge in [0, 0.05) is 16.2 Å².